The summed E-state index contributed by atoms with van der Waals surface area (Å²) in [5.74, 6) is 4.41. The molecule has 1 heterocycles. The molecule has 14 atom stereocenters. The third-order valence-electron chi connectivity index (χ3n) is 19.1. The first-order valence-electron chi connectivity index (χ1n) is 26.5. The zero-order valence-corrected chi connectivity index (χ0v) is 43.6. The molecular weight excluding hydrogens is 835 g/mol. The minimum atomic E-state index is -4.00. The van der Waals surface area contributed by atoms with Crippen LogP contribution >= 0.6 is 0 Å². The average Bonchev–Trinajstić information content (AvgIpc) is 3.59. The lowest BCUT2D eigenvalue weighted by Crippen LogP contribution is -2.62. The third kappa shape index (κ3) is 11.8. The van der Waals surface area contributed by atoms with E-state index in [1.54, 1.807) is 0 Å². The lowest BCUT2D eigenvalue weighted by molar-refractivity contribution is -0.207. The van der Waals surface area contributed by atoms with Crippen molar-refractivity contribution < 1.29 is 37.5 Å². The number of rotatable bonds is 21. The Bertz CT molecular complexity index is 1880. The predicted molar refractivity (Wildman–Crippen MR) is 263 cm³/mol. The highest BCUT2D eigenvalue weighted by Gasteiger charge is 2.65. The van der Waals surface area contributed by atoms with E-state index in [4.69, 9.17) is 8.92 Å². The highest BCUT2D eigenvalue weighted by Crippen LogP contribution is 2.68. The summed E-state index contributed by atoms with van der Waals surface area (Å²) in [5, 5.41) is 36.9. The van der Waals surface area contributed by atoms with Crippen LogP contribution in [0.25, 0.3) is 0 Å². The fourth-order valence-electron chi connectivity index (χ4n) is 14.6. The van der Waals surface area contributed by atoms with Gasteiger partial charge in [0.1, 0.15) is 22.9 Å². The maximum absolute atomic E-state index is 13.4. The molecule has 10 heteroatoms. The van der Waals surface area contributed by atoms with Crippen LogP contribution in [0.2, 0.25) is 0 Å². The van der Waals surface area contributed by atoms with Crippen molar-refractivity contribution >= 4 is 16.0 Å². The van der Waals surface area contributed by atoms with Crippen molar-refractivity contribution in [3.05, 3.63) is 22.3 Å². The number of carbonyl (C=O) groups excluding carboxylic acids is 1. The van der Waals surface area contributed by atoms with Gasteiger partial charge in [0.05, 0.1) is 18.3 Å². The maximum Gasteiger partial charge on any atom is 0.310 e. The highest BCUT2D eigenvalue weighted by atomic mass is 32.2. The molecule has 4 N–H and O–H groups in total. The fraction of sp³-hybridized carbons (Fsp3) is 0.873. The molecule has 372 valence electrons. The molecule has 4 fully saturated rings. The monoisotopic (exact) mass is 928 g/mol. The second-order valence-electron chi connectivity index (χ2n) is 24.2. The van der Waals surface area contributed by atoms with Gasteiger partial charge in [-0.1, -0.05) is 93.4 Å². The number of benzene rings is 1. The predicted octanol–water partition coefficient (Wildman–Crippen LogP) is 11.3. The minimum absolute atomic E-state index is 0.0318. The van der Waals surface area contributed by atoms with Crippen LogP contribution in [0.1, 0.15) is 200 Å². The number of amides is 1. The van der Waals surface area contributed by atoms with Gasteiger partial charge >= 0.3 is 10.1 Å². The normalized spacial score (nSPS) is 34.7. The summed E-state index contributed by atoms with van der Waals surface area (Å²) in [7, 11) is -4.00. The average molecular weight is 928 g/mol. The summed E-state index contributed by atoms with van der Waals surface area (Å²) in [6.07, 6.45) is 18.6. The molecule has 4 aliphatic carbocycles. The Morgan fingerprint density at radius 1 is 0.800 bits per heavy atom. The molecule has 9 nitrogen and oxygen atoms in total. The molecule has 1 aromatic carbocycles. The number of aliphatic hydroxyl groups excluding tert-OH is 3. The van der Waals surface area contributed by atoms with E-state index in [0.717, 1.165) is 104 Å². The van der Waals surface area contributed by atoms with Crippen molar-refractivity contribution in [2.75, 3.05) is 12.3 Å². The van der Waals surface area contributed by atoms with Gasteiger partial charge in [-0.15, -0.1) is 0 Å². The number of ether oxygens (including phenoxy) is 1. The Morgan fingerprint density at radius 3 is 2.14 bits per heavy atom. The molecule has 65 heavy (non-hydrogen) atoms. The van der Waals surface area contributed by atoms with Crippen LogP contribution in [0, 0.1) is 84.9 Å². The van der Waals surface area contributed by atoms with Gasteiger partial charge in [0.25, 0.3) is 0 Å². The summed E-state index contributed by atoms with van der Waals surface area (Å²) in [5.41, 5.74) is 2.97. The topological polar surface area (TPSA) is 142 Å². The van der Waals surface area contributed by atoms with Gasteiger partial charge in [-0.25, -0.2) is 0 Å². The van der Waals surface area contributed by atoms with Gasteiger partial charge in [0.15, 0.2) is 0 Å². The third-order valence-corrected chi connectivity index (χ3v) is 20.2. The van der Waals surface area contributed by atoms with Crippen molar-refractivity contribution in [3.8, 4) is 11.5 Å². The van der Waals surface area contributed by atoms with E-state index in [2.05, 4.69) is 60.7 Å². The molecule has 0 radical (unpaired) electrons. The number of hydrogen-bond acceptors (Lipinski definition) is 8. The van der Waals surface area contributed by atoms with Crippen molar-refractivity contribution in [2.45, 2.75) is 228 Å². The van der Waals surface area contributed by atoms with Crippen molar-refractivity contribution in [3.63, 3.8) is 0 Å². The van der Waals surface area contributed by atoms with Crippen molar-refractivity contribution in [1.29, 1.82) is 0 Å². The summed E-state index contributed by atoms with van der Waals surface area (Å²) in [6, 6.07) is 0. The second kappa shape index (κ2) is 21.4. The molecule has 1 aromatic rings. The number of aliphatic hydroxyl groups is 3. The van der Waals surface area contributed by atoms with Crippen LogP contribution in [0.15, 0.2) is 0 Å². The van der Waals surface area contributed by atoms with Gasteiger partial charge in [-0.05, 0) is 186 Å². The van der Waals surface area contributed by atoms with Crippen LogP contribution in [0.3, 0.4) is 0 Å². The van der Waals surface area contributed by atoms with Crippen LogP contribution in [-0.2, 0) is 21.3 Å². The minimum Gasteiger partial charge on any atom is -0.487 e. The standard InChI is InChI=1S/C55H93NO8S/c1-34(2)15-12-16-35(3)17-13-18-36(4)19-14-26-53(9)27-25-43-40(8)51(38(6)39(7)52(43)63-53)64-65(61,62)30-29-56-49(60)23-20-37(5)44-21-22-45-50-46(33-48(59)55(44,45)11)54(10)28-24-42(57)31-41(54)32-47(50)58/h34-37,41-42,44-48,50,57-59H,12-33H2,1-11H3,(H,56,60)/t35-,36-,37-,41+,42-,44-,45+,46+,47-,48+,50+,53-,54+,55-/m1/s1. The SMILES string of the molecule is Cc1c(C)c2c(c(C)c1OS(=O)(=O)CCNC(=O)CC[C@@H](C)[C@H]1CC[C@H]3[C@@H]4[C@H](O)C[C@@H]5C[C@H](O)CC[C@]5(C)[C@H]4C[C@H](O)[C@]13C)CC[C@@](C)(CCC[C@H](C)CCC[C@H](C)CCCC(C)C)O2. The molecule has 1 aliphatic heterocycles. The van der Waals surface area contributed by atoms with Gasteiger partial charge in [-0.2, -0.15) is 8.42 Å². The molecule has 1 amide bonds. The molecule has 6 rings (SSSR count). The summed E-state index contributed by atoms with van der Waals surface area (Å²) in [4.78, 5) is 13.2. The van der Waals surface area contributed by atoms with E-state index in [0.29, 0.717) is 24.5 Å². The van der Waals surface area contributed by atoms with E-state index < -0.39 is 22.3 Å². The van der Waals surface area contributed by atoms with Crippen LogP contribution < -0.4 is 14.2 Å². The lowest BCUT2D eigenvalue weighted by atomic mass is 9.43. The highest BCUT2D eigenvalue weighted by molar-refractivity contribution is 7.87. The molecule has 0 bridgehead atoms. The Kier molecular flexibility index (Phi) is 17.3. The van der Waals surface area contributed by atoms with Gasteiger partial charge in [-0.3, -0.25) is 4.79 Å². The summed E-state index contributed by atoms with van der Waals surface area (Å²) in [6.45, 7) is 24.3. The molecule has 5 aliphatic rings. The quantitative estimate of drug-likeness (QED) is 0.0893. The van der Waals surface area contributed by atoms with Crippen molar-refractivity contribution in [2.24, 2.45) is 64.1 Å². The first-order chi connectivity index (χ1) is 30.5. The molecular formula is C55H93NO8S. The molecule has 0 spiro atoms. The van der Waals surface area contributed by atoms with Crippen LogP contribution in [0.5, 0.6) is 11.5 Å². The van der Waals surface area contributed by atoms with E-state index >= 15 is 0 Å². The Balaban J connectivity index is 0.947. The number of fused-ring (bicyclic) bond motifs is 6. The van der Waals surface area contributed by atoms with E-state index in [9.17, 15) is 28.5 Å². The molecule has 0 unspecified atom stereocenters. The van der Waals surface area contributed by atoms with E-state index in [1.807, 2.05) is 20.8 Å². The maximum atomic E-state index is 13.4. The first kappa shape index (κ1) is 52.5. The fourth-order valence-corrected chi connectivity index (χ4v) is 15.6. The summed E-state index contributed by atoms with van der Waals surface area (Å²) >= 11 is 0. The van der Waals surface area contributed by atoms with Crippen LogP contribution in [0.4, 0.5) is 0 Å². The first-order valence-corrected chi connectivity index (χ1v) is 28.1. The lowest BCUT2D eigenvalue weighted by Gasteiger charge is -2.63. The Labute approximate surface area is 395 Å². The molecule has 0 saturated heterocycles. The number of hydrogen-bond donors (Lipinski definition) is 4. The zero-order valence-electron chi connectivity index (χ0n) is 42.8. The Hall–Kier alpha value is -1.88. The summed E-state index contributed by atoms with van der Waals surface area (Å²) < 4.78 is 39.5. The molecule has 4 saturated carbocycles. The second-order valence-corrected chi connectivity index (χ2v) is 25.8. The van der Waals surface area contributed by atoms with Gasteiger partial charge in [0.2, 0.25) is 5.91 Å². The van der Waals surface area contributed by atoms with Crippen molar-refractivity contribution in [1.82, 2.24) is 5.32 Å². The van der Waals surface area contributed by atoms with E-state index in [-0.39, 0.29) is 82.7 Å². The van der Waals surface area contributed by atoms with Crippen LogP contribution in [-0.4, -0.2) is 65.9 Å². The smallest absolute Gasteiger partial charge is 0.310 e. The number of carbonyl (C=O) groups is 1. The largest absolute Gasteiger partial charge is 0.487 e. The van der Waals surface area contributed by atoms with Gasteiger partial charge in [0, 0.05) is 18.5 Å². The zero-order chi connectivity index (χ0) is 47.6. The Morgan fingerprint density at radius 2 is 1.46 bits per heavy atom. The molecule has 0 aromatic heterocycles. The van der Waals surface area contributed by atoms with Gasteiger partial charge < -0.3 is 29.6 Å². The number of nitrogens with one attached hydrogen (secondary N) is 1. The van der Waals surface area contributed by atoms with E-state index in [1.165, 1.54) is 44.9 Å².